The van der Waals surface area contributed by atoms with E-state index in [0.29, 0.717) is 31.7 Å². The van der Waals surface area contributed by atoms with Crippen molar-refractivity contribution in [2.75, 3.05) is 13.2 Å². The molecule has 0 aliphatic carbocycles. The van der Waals surface area contributed by atoms with Gasteiger partial charge in [0.1, 0.15) is 11.6 Å². The lowest BCUT2D eigenvalue weighted by Gasteiger charge is -2.43. The molecule has 2 aliphatic rings. The molecule has 0 radical (unpaired) electrons. The summed E-state index contributed by atoms with van der Waals surface area (Å²) in [5.41, 5.74) is -0.707. The largest absolute Gasteiger partial charge is 0.465 e. The average Bonchev–Trinajstić information content (AvgIpc) is 2.81. The molecule has 0 aromatic heterocycles. The molecule has 9 heteroatoms. The summed E-state index contributed by atoms with van der Waals surface area (Å²) in [7, 11) is 0. The van der Waals surface area contributed by atoms with Crippen LogP contribution in [0, 0.1) is 5.92 Å². The van der Waals surface area contributed by atoms with Crippen LogP contribution < -0.4 is 5.32 Å². The fraction of sp³-hybridized carbons (Fsp3) is 0.826. The number of fused-ring (bicyclic) bond motifs is 1. The Morgan fingerprint density at radius 3 is 2.44 bits per heavy atom. The normalized spacial score (nSPS) is 23.0. The van der Waals surface area contributed by atoms with Crippen molar-refractivity contribution in [3.05, 3.63) is 0 Å². The highest BCUT2D eigenvalue weighted by atomic mass is 16.6. The first-order chi connectivity index (χ1) is 14.9. The number of nitrogens with one attached hydrogen (secondary N) is 1. The number of hydrazine groups is 1. The number of hydrogen-bond donors (Lipinski definition) is 1. The van der Waals surface area contributed by atoms with E-state index in [9.17, 15) is 19.2 Å². The molecule has 182 valence electrons. The number of esters is 2. The molecule has 32 heavy (non-hydrogen) atoms. The lowest BCUT2D eigenvalue weighted by atomic mass is 10.0. The molecule has 0 aromatic carbocycles. The van der Waals surface area contributed by atoms with E-state index in [4.69, 9.17) is 9.47 Å². The number of nitrogens with zero attached hydrogens (tertiary/aromatic N) is 2. The smallest absolute Gasteiger partial charge is 0.331 e. The van der Waals surface area contributed by atoms with Gasteiger partial charge in [0.05, 0.1) is 12.6 Å². The van der Waals surface area contributed by atoms with Crippen LogP contribution in [0.3, 0.4) is 0 Å². The van der Waals surface area contributed by atoms with Gasteiger partial charge in [0.15, 0.2) is 6.04 Å². The van der Waals surface area contributed by atoms with Crippen LogP contribution in [0.25, 0.3) is 0 Å². The molecule has 2 aliphatic heterocycles. The molecule has 0 spiro atoms. The number of rotatable bonds is 8. The zero-order chi connectivity index (χ0) is 24.1. The van der Waals surface area contributed by atoms with Crippen molar-refractivity contribution in [2.24, 2.45) is 5.92 Å². The molecule has 2 rings (SSSR count). The first-order valence-electron chi connectivity index (χ1n) is 11.7. The monoisotopic (exact) mass is 453 g/mol. The van der Waals surface area contributed by atoms with Gasteiger partial charge >= 0.3 is 11.9 Å². The fourth-order valence-electron chi connectivity index (χ4n) is 4.03. The number of carbonyl (C=O) groups is 4. The minimum atomic E-state index is -0.862. The Morgan fingerprint density at radius 1 is 1.16 bits per heavy atom. The molecule has 3 atom stereocenters. The molecule has 0 saturated carbocycles. The Hall–Kier alpha value is -2.16. The number of ether oxygens (including phenoxy) is 2. The second-order valence-electron chi connectivity index (χ2n) is 9.92. The Kier molecular flexibility index (Phi) is 9.07. The molecule has 2 heterocycles. The minimum Gasteiger partial charge on any atom is -0.465 e. The third-order valence-electron chi connectivity index (χ3n) is 5.55. The zero-order valence-electron chi connectivity index (χ0n) is 20.3. The van der Waals surface area contributed by atoms with E-state index >= 15 is 0 Å². The van der Waals surface area contributed by atoms with E-state index in [1.54, 1.807) is 27.7 Å². The molecule has 1 N–H and O–H groups in total. The van der Waals surface area contributed by atoms with Crippen LogP contribution in [0.1, 0.15) is 80.1 Å². The van der Waals surface area contributed by atoms with Gasteiger partial charge in [0.25, 0.3) is 5.91 Å². The van der Waals surface area contributed by atoms with Gasteiger partial charge in [0, 0.05) is 13.0 Å². The van der Waals surface area contributed by atoms with Crippen LogP contribution in [0.2, 0.25) is 0 Å². The molecule has 2 saturated heterocycles. The fourth-order valence-corrected chi connectivity index (χ4v) is 4.03. The summed E-state index contributed by atoms with van der Waals surface area (Å²) in [6.07, 6.45) is 2.74. The second kappa shape index (κ2) is 11.1. The summed E-state index contributed by atoms with van der Waals surface area (Å²) in [6.45, 7) is 11.8. The van der Waals surface area contributed by atoms with E-state index in [1.165, 1.54) is 10.0 Å². The van der Waals surface area contributed by atoms with E-state index in [0.717, 1.165) is 6.42 Å². The number of carbonyl (C=O) groups excluding carboxylic acids is 4. The zero-order valence-corrected chi connectivity index (χ0v) is 20.3. The van der Waals surface area contributed by atoms with Crippen LogP contribution in [0.4, 0.5) is 0 Å². The van der Waals surface area contributed by atoms with E-state index < -0.39 is 35.7 Å². The van der Waals surface area contributed by atoms with Gasteiger partial charge in [-0.2, -0.15) is 0 Å². The van der Waals surface area contributed by atoms with Crippen molar-refractivity contribution in [3.63, 3.8) is 0 Å². The lowest BCUT2D eigenvalue weighted by molar-refractivity contribution is -0.188. The maximum Gasteiger partial charge on any atom is 0.331 e. The minimum absolute atomic E-state index is 0.153. The van der Waals surface area contributed by atoms with Gasteiger partial charge in [-0.3, -0.25) is 24.7 Å². The lowest BCUT2D eigenvalue weighted by Crippen LogP contribution is -2.63. The molecule has 9 nitrogen and oxygen atoms in total. The first kappa shape index (κ1) is 26.1. The van der Waals surface area contributed by atoms with Crippen molar-refractivity contribution in [1.29, 1.82) is 0 Å². The summed E-state index contributed by atoms with van der Waals surface area (Å²) in [6, 6.07) is -2.29. The quantitative estimate of drug-likeness (QED) is 0.562. The van der Waals surface area contributed by atoms with Gasteiger partial charge in [-0.1, -0.05) is 13.8 Å². The highest BCUT2D eigenvalue weighted by Crippen LogP contribution is 2.27. The van der Waals surface area contributed by atoms with Crippen molar-refractivity contribution in [3.8, 4) is 0 Å². The molecular weight excluding hydrogens is 414 g/mol. The van der Waals surface area contributed by atoms with Crippen molar-refractivity contribution in [1.82, 2.24) is 15.3 Å². The van der Waals surface area contributed by atoms with Crippen molar-refractivity contribution >= 4 is 23.8 Å². The predicted molar refractivity (Wildman–Crippen MR) is 118 cm³/mol. The Morgan fingerprint density at radius 2 is 1.84 bits per heavy atom. The van der Waals surface area contributed by atoms with Crippen LogP contribution in [0.15, 0.2) is 0 Å². The molecule has 0 bridgehead atoms. The topological polar surface area (TPSA) is 105 Å². The van der Waals surface area contributed by atoms with Crippen LogP contribution in [-0.2, 0) is 28.7 Å². The van der Waals surface area contributed by atoms with Gasteiger partial charge in [-0.05, 0) is 65.7 Å². The molecule has 0 aromatic rings. The summed E-state index contributed by atoms with van der Waals surface area (Å²) in [5, 5.41) is 5.81. The van der Waals surface area contributed by atoms with E-state index in [-0.39, 0.29) is 31.3 Å². The molecule has 2 amide bonds. The van der Waals surface area contributed by atoms with Crippen LogP contribution in [-0.4, -0.2) is 70.6 Å². The highest BCUT2D eigenvalue weighted by molar-refractivity contribution is 5.92. The van der Waals surface area contributed by atoms with Crippen molar-refractivity contribution < 1.29 is 28.7 Å². The Bertz CT molecular complexity index is 702. The van der Waals surface area contributed by atoms with Gasteiger partial charge < -0.3 is 9.47 Å². The summed E-state index contributed by atoms with van der Waals surface area (Å²) < 4.78 is 10.7. The maximum absolute atomic E-state index is 13.6. The highest BCUT2D eigenvalue weighted by Gasteiger charge is 2.46. The van der Waals surface area contributed by atoms with Gasteiger partial charge in [-0.15, -0.1) is 0 Å². The third-order valence-corrected chi connectivity index (χ3v) is 5.55. The average molecular weight is 454 g/mol. The van der Waals surface area contributed by atoms with Crippen molar-refractivity contribution in [2.45, 2.75) is 104 Å². The SMILES string of the molecule is CCOC(=O)[C@H](CCC(C)C)N[C@H]1CCC(=O)N2CCC[C@@H](C(=O)OC(C)(C)C)N2C1=O. The molecule has 0 unspecified atom stereocenters. The van der Waals surface area contributed by atoms with Crippen LogP contribution >= 0.6 is 0 Å². The number of amides is 2. The standard InChI is InChI=1S/C23H39N3O6/c1-7-31-21(29)17(11-10-15(2)3)24-16-12-13-19(27)25-14-8-9-18(26(25)20(16)28)22(30)32-23(4,5)6/h15-18,24H,7-14H2,1-6H3/t16-,17-,18-/m0/s1. The summed E-state index contributed by atoms with van der Waals surface area (Å²) in [5.74, 6) is -1.13. The van der Waals surface area contributed by atoms with Gasteiger partial charge in [0.2, 0.25) is 5.91 Å². The van der Waals surface area contributed by atoms with Crippen LogP contribution in [0.5, 0.6) is 0 Å². The molecular formula is C23H39N3O6. The van der Waals surface area contributed by atoms with Gasteiger partial charge in [-0.25, -0.2) is 9.80 Å². The first-order valence-corrected chi connectivity index (χ1v) is 11.7. The predicted octanol–water partition coefficient (Wildman–Crippen LogP) is 2.18. The maximum atomic E-state index is 13.6. The van der Waals surface area contributed by atoms with E-state index in [2.05, 4.69) is 19.2 Å². The summed E-state index contributed by atoms with van der Waals surface area (Å²) in [4.78, 5) is 51.8. The summed E-state index contributed by atoms with van der Waals surface area (Å²) >= 11 is 0. The second-order valence-corrected chi connectivity index (χ2v) is 9.92. The Balaban J connectivity index is 2.27. The Labute approximate surface area is 191 Å². The third kappa shape index (κ3) is 6.92. The molecule has 2 fully saturated rings. The van der Waals surface area contributed by atoms with E-state index in [1.807, 2.05) is 0 Å². The number of hydrogen-bond acceptors (Lipinski definition) is 7.